The van der Waals surface area contributed by atoms with Crippen LogP contribution in [0.25, 0.3) is 0 Å². The Morgan fingerprint density at radius 2 is 1.73 bits per heavy atom. The van der Waals surface area contributed by atoms with E-state index in [0.717, 1.165) is 24.3 Å². The van der Waals surface area contributed by atoms with Crippen LogP contribution in [0, 0.1) is 0 Å². The molecule has 15 heteroatoms. The summed E-state index contributed by atoms with van der Waals surface area (Å²) in [6, 6.07) is 0.576. The first kappa shape index (κ1) is 26.9. The van der Waals surface area contributed by atoms with Crippen LogP contribution in [0.5, 0.6) is 5.75 Å². The normalized spacial score (nSPS) is 23.9. The van der Waals surface area contributed by atoms with Gasteiger partial charge >= 0.3 is 18.6 Å². The van der Waals surface area contributed by atoms with Crippen LogP contribution in [0.4, 0.5) is 41.2 Å². The molecule has 1 heterocycles. The van der Waals surface area contributed by atoms with Crippen molar-refractivity contribution in [2.75, 3.05) is 32.5 Å². The summed E-state index contributed by atoms with van der Waals surface area (Å²) in [7, 11) is 3.63. The SMILES string of the molecule is CN(C)CCCNC1NC(NC(=O)Nc2ccc(OC(F)(F)F)cc2)NC(C(F)(F)F)C1F. The van der Waals surface area contributed by atoms with Gasteiger partial charge in [-0.05, 0) is 57.9 Å². The Hall–Kier alpha value is -2.36. The molecule has 1 saturated heterocycles. The summed E-state index contributed by atoms with van der Waals surface area (Å²) in [5, 5.41) is 11.6. The Labute approximate surface area is 185 Å². The van der Waals surface area contributed by atoms with Crippen LogP contribution in [0.1, 0.15) is 6.42 Å². The van der Waals surface area contributed by atoms with Crippen molar-refractivity contribution in [1.29, 1.82) is 0 Å². The maximum Gasteiger partial charge on any atom is 0.573 e. The lowest BCUT2D eigenvalue weighted by atomic mass is 10.1. The molecule has 5 N–H and O–H groups in total. The average Bonchev–Trinajstić information content (AvgIpc) is 2.66. The van der Waals surface area contributed by atoms with Gasteiger partial charge in [-0.2, -0.15) is 13.2 Å². The standard InChI is InChI=1S/C18H25F7N6O2/c1-31(2)9-3-8-26-14-12(19)13(17(20,21)22)28-15(29-14)30-16(32)27-10-4-6-11(7-5-10)33-18(23,24)25/h4-7,12-15,26,28-29H,3,8-9H2,1-2H3,(H2,27,30,32). The molecule has 0 radical (unpaired) electrons. The fourth-order valence-electron chi connectivity index (χ4n) is 3.00. The third-order valence-corrected chi connectivity index (χ3v) is 4.45. The van der Waals surface area contributed by atoms with Gasteiger partial charge in [-0.1, -0.05) is 0 Å². The fraction of sp³-hybridized carbons (Fsp3) is 0.611. The molecule has 188 valence electrons. The number of hydrogen-bond acceptors (Lipinski definition) is 6. The highest BCUT2D eigenvalue weighted by atomic mass is 19.4. The molecule has 1 aromatic carbocycles. The second-order valence-corrected chi connectivity index (χ2v) is 7.49. The first-order chi connectivity index (χ1) is 15.2. The van der Waals surface area contributed by atoms with E-state index in [0.29, 0.717) is 13.0 Å². The second-order valence-electron chi connectivity index (χ2n) is 7.49. The molecule has 0 saturated carbocycles. The monoisotopic (exact) mass is 490 g/mol. The quantitative estimate of drug-likeness (QED) is 0.284. The Morgan fingerprint density at radius 1 is 1.09 bits per heavy atom. The molecule has 0 aromatic heterocycles. The molecule has 1 aliphatic heterocycles. The molecule has 8 nitrogen and oxygen atoms in total. The zero-order chi connectivity index (χ0) is 24.8. The zero-order valence-electron chi connectivity index (χ0n) is 17.6. The minimum absolute atomic E-state index is 0.0481. The van der Waals surface area contributed by atoms with E-state index in [2.05, 4.69) is 26.0 Å². The largest absolute Gasteiger partial charge is 0.573 e. The predicted octanol–water partition coefficient (Wildman–Crippen LogP) is 2.32. The molecule has 1 fully saturated rings. The van der Waals surface area contributed by atoms with E-state index in [1.165, 1.54) is 0 Å². The van der Waals surface area contributed by atoms with Crippen LogP contribution in [0.2, 0.25) is 0 Å². The van der Waals surface area contributed by atoms with Gasteiger partial charge in [-0.15, -0.1) is 13.2 Å². The lowest BCUT2D eigenvalue weighted by Crippen LogP contribution is -2.75. The third kappa shape index (κ3) is 9.19. The third-order valence-electron chi connectivity index (χ3n) is 4.45. The summed E-state index contributed by atoms with van der Waals surface area (Å²) in [6.07, 6.45) is -14.5. The molecule has 0 bridgehead atoms. The number of anilines is 1. The lowest BCUT2D eigenvalue weighted by molar-refractivity contribution is -0.274. The summed E-state index contributed by atoms with van der Waals surface area (Å²) >= 11 is 0. The minimum atomic E-state index is -4.92. The van der Waals surface area contributed by atoms with Crippen LogP contribution < -0.4 is 31.3 Å². The van der Waals surface area contributed by atoms with Crippen LogP contribution >= 0.6 is 0 Å². The van der Waals surface area contributed by atoms with Crippen molar-refractivity contribution >= 4 is 11.7 Å². The van der Waals surface area contributed by atoms with Crippen molar-refractivity contribution in [1.82, 2.24) is 26.2 Å². The number of nitrogens with zero attached hydrogens (tertiary/aromatic N) is 1. The summed E-state index contributed by atoms with van der Waals surface area (Å²) in [4.78, 5) is 14.0. The minimum Gasteiger partial charge on any atom is -0.406 e. The molecule has 2 amide bonds. The van der Waals surface area contributed by atoms with Gasteiger partial charge in [0.15, 0.2) is 6.17 Å². The number of alkyl halides is 7. The Kier molecular flexibility index (Phi) is 9.11. The van der Waals surface area contributed by atoms with Gasteiger partial charge in [-0.25, -0.2) is 9.18 Å². The number of carbonyl (C=O) groups excluding carboxylic acids is 1. The number of rotatable bonds is 8. The Balaban J connectivity index is 1.96. The van der Waals surface area contributed by atoms with Gasteiger partial charge in [0.1, 0.15) is 18.1 Å². The van der Waals surface area contributed by atoms with E-state index >= 15 is 0 Å². The highest BCUT2D eigenvalue weighted by molar-refractivity contribution is 5.89. The maximum absolute atomic E-state index is 14.5. The number of urea groups is 1. The van der Waals surface area contributed by atoms with Gasteiger partial charge < -0.3 is 20.3 Å². The van der Waals surface area contributed by atoms with E-state index in [1.807, 2.05) is 24.3 Å². The first-order valence-electron chi connectivity index (χ1n) is 9.79. The number of carbonyl (C=O) groups is 1. The molecule has 33 heavy (non-hydrogen) atoms. The van der Waals surface area contributed by atoms with Gasteiger partial charge in [-0.3, -0.25) is 16.0 Å². The van der Waals surface area contributed by atoms with E-state index in [1.54, 1.807) is 0 Å². The van der Waals surface area contributed by atoms with Crippen molar-refractivity contribution in [2.24, 2.45) is 0 Å². The highest BCUT2D eigenvalue weighted by Crippen LogP contribution is 2.27. The molecule has 1 aromatic rings. The second kappa shape index (κ2) is 11.2. The predicted molar refractivity (Wildman–Crippen MR) is 105 cm³/mol. The van der Waals surface area contributed by atoms with Gasteiger partial charge in [0.05, 0.1) is 6.17 Å². The molecular formula is C18H25F7N6O2. The van der Waals surface area contributed by atoms with Crippen molar-refractivity contribution in [3.05, 3.63) is 24.3 Å². The number of hydrogen-bond donors (Lipinski definition) is 5. The number of nitrogens with one attached hydrogen (secondary N) is 5. The summed E-state index contributed by atoms with van der Waals surface area (Å²) in [5.74, 6) is -0.519. The van der Waals surface area contributed by atoms with E-state index < -0.39 is 49.0 Å². The smallest absolute Gasteiger partial charge is 0.406 e. The number of halogens is 7. The molecule has 4 atom stereocenters. The summed E-state index contributed by atoms with van der Waals surface area (Å²) in [5.41, 5.74) is 0.0481. The van der Waals surface area contributed by atoms with Crippen LogP contribution in [-0.4, -0.2) is 75.3 Å². The fourth-order valence-corrected chi connectivity index (χ4v) is 3.00. The Bertz CT molecular complexity index is 760. The zero-order valence-corrected chi connectivity index (χ0v) is 17.6. The van der Waals surface area contributed by atoms with Crippen LogP contribution in [-0.2, 0) is 0 Å². The highest BCUT2D eigenvalue weighted by Gasteiger charge is 2.52. The molecule has 2 rings (SSSR count). The van der Waals surface area contributed by atoms with E-state index in [9.17, 15) is 35.5 Å². The van der Waals surface area contributed by atoms with Crippen LogP contribution in [0.15, 0.2) is 24.3 Å². The summed E-state index contributed by atoms with van der Waals surface area (Å²) < 4.78 is 94.6. The van der Waals surface area contributed by atoms with Crippen molar-refractivity contribution in [2.45, 2.75) is 43.6 Å². The van der Waals surface area contributed by atoms with Gasteiger partial charge in [0.2, 0.25) is 0 Å². The van der Waals surface area contributed by atoms with Gasteiger partial charge in [0, 0.05) is 5.69 Å². The van der Waals surface area contributed by atoms with Gasteiger partial charge in [0.25, 0.3) is 0 Å². The molecule has 0 spiro atoms. The topological polar surface area (TPSA) is 89.7 Å². The number of ether oxygens (including phenoxy) is 1. The first-order valence-corrected chi connectivity index (χ1v) is 9.79. The Morgan fingerprint density at radius 3 is 2.27 bits per heavy atom. The average molecular weight is 490 g/mol. The van der Waals surface area contributed by atoms with Crippen molar-refractivity contribution in [3.63, 3.8) is 0 Å². The number of benzene rings is 1. The molecular weight excluding hydrogens is 465 g/mol. The van der Waals surface area contributed by atoms with Crippen molar-refractivity contribution in [3.8, 4) is 5.75 Å². The number of amides is 2. The molecule has 4 unspecified atom stereocenters. The van der Waals surface area contributed by atoms with E-state index in [4.69, 9.17) is 0 Å². The molecule has 0 aliphatic carbocycles. The maximum atomic E-state index is 14.5. The summed E-state index contributed by atoms with van der Waals surface area (Å²) in [6.45, 7) is 0.862. The molecule has 1 aliphatic rings. The lowest BCUT2D eigenvalue weighted by Gasteiger charge is -2.41. The van der Waals surface area contributed by atoms with Crippen molar-refractivity contribution < 1.29 is 40.3 Å². The van der Waals surface area contributed by atoms with Crippen LogP contribution in [0.3, 0.4) is 0 Å². The van der Waals surface area contributed by atoms with E-state index in [-0.39, 0.29) is 12.2 Å².